The molecule has 2 heterocycles. The molecule has 1 aromatic rings. The molecule has 0 spiro atoms. The maximum Gasteiger partial charge on any atom is 0.433 e. The van der Waals surface area contributed by atoms with Crippen molar-refractivity contribution in [1.29, 1.82) is 0 Å². The SMILES string of the molecule is CN1CCN(CCNc2cc(C(F)(F)F)nc(NC3CCCCC3)n2)CC1. The molecule has 0 amide bonds. The maximum atomic E-state index is 13.2. The first-order valence-electron chi connectivity index (χ1n) is 9.78. The number of nitrogens with zero attached hydrogens (tertiary/aromatic N) is 4. The lowest BCUT2D eigenvalue weighted by atomic mass is 9.96. The lowest BCUT2D eigenvalue weighted by Gasteiger charge is -2.32. The molecular formula is C18H29F3N6. The van der Waals surface area contributed by atoms with Gasteiger partial charge in [0.05, 0.1) is 0 Å². The third-order valence-corrected chi connectivity index (χ3v) is 5.29. The van der Waals surface area contributed by atoms with Crippen molar-refractivity contribution in [2.24, 2.45) is 0 Å². The van der Waals surface area contributed by atoms with Gasteiger partial charge < -0.3 is 15.5 Å². The molecule has 152 valence electrons. The number of piperazine rings is 1. The minimum atomic E-state index is -4.49. The van der Waals surface area contributed by atoms with E-state index in [4.69, 9.17) is 0 Å². The van der Waals surface area contributed by atoms with Crippen molar-refractivity contribution in [3.05, 3.63) is 11.8 Å². The quantitative estimate of drug-likeness (QED) is 0.784. The van der Waals surface area contributed by atoms with E-state index in [0.29, 0.717) is 6.54 Å². The molecule has 0 unspecified atom stereocenters. The molecule has 0 bridgehead atoms. The van der Waals surface area contributed by atoms with Crippen molar-refractivity contribution in [3.63, 3.8) is 0 Å². The highest BCUT2D eigenvalue weighted by Crippen LogP contribution is 2.30. The molecule has 1 aliphatic heterocycles. The molecular weight excluding hydrogens is 357 g/mol. The lowest BCUT2D eigenvalue weighted by molar-refractivity contribution is -0.141. The van der Waals surface area contributed by atoms with E-state index < -0.39 is 11.9 Å². The van der Waals surface area contributed by atoms with Crippen LogP contribution in [-0.2, 0) is 6.18 Å². The molecule has 0 atom stereocenters. The van der Waals surface area contributed by atoms with Gasteiger partial charge in [-0.1, -0.05) is 19.3 Å². The van der Waals surface area contributed by atoms with E-state index in [0.717, 1.165) is 64.5 Å². The predicted molar refractivity (Wildman–Crippen MR) is 100.0 cm³/mol. The van der Waals surface area contributed by atoms with Crippen LogP contribution in [0.25, 0.3) is 0 Å². The fourth-order valence-electron chi connectivity index (χ4n) is 3.59. The number of rotatable bonds is 6. The first-order chi connectivity index (χ1) is 12.9. The van der Waals surface area contributed by atoms with Gasteiger partial charge in [-0.15, -0.1) is 0 Å². The van der Waals surface area contributed by atoms with Gasteiger partial charge in [0.2, 0.25) is 5.95 Å². The van der Waals surface area contributed by atoms with Crippen LogP contribution in [0.2, 0.25) is 0 Å². The number of hydrogen-bond acceptors (Lipinski definition) is 6. The van der Waals surface area contributed by atoms with Gasteiger partial charge in [-0.05, 0) is 19.9 Å². The van der Waals surface area contributed by atoms with Gasteiger partial charge in [-0.3, -0.25) is 4.90 Å². The van der Waals surface area contributed by atoms with Crippen LogP contribution in [0.3, 0.4) is 0 Å². The van der Waals surface area contributed by atoms with Crippen molar-refractivity contribution in [2.45, 2.75) is 44.3 Å². The number of likely N-dealkylation sites (N-methyl/N-ethyl adjacent to an activating group) is 1. The van der Waals surface area contributed by atoms with E-state index in [1.807, 2.05) is 0 Å². The Labute approximate surface area is 158 Å². The van der Waals surface area contributed by atoms with Crippen molar-refractivity contribution in [2.75, 3.05) is 56.9 Å². The summed E-state index contributed by atoms with van der Waals surface area (Å²) >= 11 is 0. The Hall–Kier alpha value is -1.61. The topological polar surface area (TPSA) is 56.3 Å². The predicted octanol–water partition coefficient (Wildman–Crippen LogP) is 2.90. The summed E-state index contributed by atoms with van der Waals surface area (Å²) in [5.74, 6) is 0.295. The molecule has 0 aromatic carbocycles. The summed E-state index contributed by atoms with van der Waals surface area (Å²) in [6, 6.07) is 1.15. The monoisotopic (exact) mass is 386 g/mol. The Balaban J connectivity index is 1.61. The third kappa shape index (κ3) is 6.21. The molecule has 6 nitrogen and oxygen atoms in total. The zero-order chi connectivity index (χ0) is 19.3. The number of nitrogens with one attached hydrogen (secondary N) is 2. The van der Waals surface area contributed by atoms with E-state index in [-0.39, 0.29) is 17.8 Å². The van der Waals surface area contributed by atoms with Crippen molar-refractivity contribution in [1.82, 2.24) is 19.8 Å². The normalized spacial score (nSPS) is 20.6. The summed E-state index contributed by atoms with van der Waals surface area (Å²) in [5.41, 5.74) is -0.905. The van der Waals surface area contributed by atoms with Gasteiger partial charge in [0, 0.05) is 51.4 Å². The summed E-state index contributed by atoms with van der Waals surface area (Å²) in [7, 11) is 2.09. The Morgan fingerprint density at radius 2 is 1.78 bits per heavy atom. The Kier molecular flexibility index (Phi) is 6.75. The van der Waals surface area contributed by atoms with Crippen LogP contribution in [0.5, 0.6) is 0 Å². The minimum Gasteiger partial charge on any atom is -0.369 e. The molecule has 1 saturated heterocycles. The maximum absolute atomic E-state index is 13.2. The highest BCUT2D eigenvalue weighted by atomic mass is 19.4. The largest absolute Gasteiger partial charge is 0.433 e. The summed E-state index contributed by atoms with van der Waals surface area (Å²) in [6.07, 6.45) is 0.775. The molecule has 2 fully saturated rings. The van der Waals surface area contributed by atoms with Gasteiger partial charge in [0.1, 0.15) is 5.82 Å². The van der Waals surface area contributed by atoms with Crippen molar-refractivity contribution < 1.29 is 13.2 Å². The van der Waals surface area contributed by atoms with E-state index in [1.54, 1.807) is 0 Å². The average Bonchev–Trinajstić information content (AvgIpc) is 2.63. The van der Waals surface area contributed by atoms with E-state index in [9.17, 15) is 13.2 Å². The standard InChI is InChI=1S/C18H29F3N6/c1-26-9-11-27(12-10-26)8-7-22-16-13-15(18(19,20)21)24-17(25-16)23-14-5-3-2-4-6-14/h13-14H,2-12H2,1H3,(H2,22,23,24,25). The molecule has 1 aromatic heterocycles. The fraction of sp³-hybridized carbons (Fsp3) is 0.778. The fourth-order valence-corrected chi connectivity index (χ4v) is 3.59. The molecule has 2 aliphatic rings. The highest BCUT2D eigenvalue weighted by molar-refractivity contribution is 5.43. The van der Waals surface area contributed by atoms with Gasteiger partial charge in [0.15, 0.2) is 5.69 Å². The van der Waals surface area contributed by atoms with Gasteiger partial charge >= 0.3 is 6.18 Å². The number of halogens is 3. The second kappa shape index (κ2) is 9.05. The molecule has 3 rings (SSSR count). The van der Waals surface area contributed by atoms with E-state index in [1.165, 1.54) is 6.42 Å². The first-order valence-corrected chi connectivity index (χ1v) is 9.78. The van der Waals surface area contributed by atoms with Crippen LogP contribution in [0, 0.1) is 0 Å². The van der Waals surface area contributed by atoms with Crippen LogP contribution in [0.4, 0.5) is 24.9 Å². The zero-order valence-corrected chi connectivity index (χ0v) is 15.9. The number of aromatic nitrogens is 2. The molecule has 0 radical (unpaired) electrons. The smallest absolute Gasteiger partial charge is 0.369 e. The molecule has 1 aliphatic carbocycles. The van der Waals surface area contributed by atoms with Crippen LogP contribution >= 0.6 is 0 Å². The molecule has 9 heteroatoms. The van der Waals surface area contributed by atoms with Gasteiger partial charge in [-0.2, -0.15) is 18.2 Å². The second-order valence-electron chi connectivity index (χ2n) is 7.51. The van der Waals surface area contributed by atoms with Crippen molar-refractivity contribution >= 4 is 11.8 Å². The summed E-state index contributed by atoms with van der Waals surface area (Å²) in [4.78, 5) is 12.6. The Morgan fingerprint density at radius 1 is 1.07 bits per heavy atom. The highest BCUT2D eigenvalue weighted by Gasteiger charge is 2.34. The van der Waals surface area contributed by atoms with Crippen LogP contribution in [0.1, 0.15) is 37.8 Å². The number of alkyl halides is 3. The van der Waals surface area contributed by atoms with E-state index in [2.05, 4.69) is 37.4 Å². The van der Waals surface area contributed by atoms with Crippen LogP contribution in [-0.4, -0.2) is 72.1 Å². The molecule has 27 heavy (non-hydrogen) atoms. The summed E-state index contributed by atoms with van der Waals surface area (Å²) in [6.45, 7) is 5.32. The summed E-state index contributed by atoms with van der Waals surface area (Å²) < 4.78 is 39.7. The third-order valence-electron chi connectivity index (χ3n) is 5.29. The van der Waals surface area contributed by atoms with E-state index >= 15 is 0 Å². The molecule has 2 N–H and O–H groups in total. The van der Waals surface area contributed by atoms with Gasteiger partial charge in [-0.25, -0.2) is 4.98 Å². The molecule has 1 saturated carbocycles. The van der Waals surface area contributed by atoms with Crippen LogP contribution in [0.15, 0.2) is 6.07 Å². The second-order valence-corrected chi connectivity index (χ2v) is 7.51. The Bertz CT molecular complexity index is 595. The number of hydrogen-bond donors (Lipinski definition) is 2. The zero-order valence-electron chi connectivity index (χ0n) is 15.9. The van der Waals surface area contributed by atoms with Crippen molar-refractivity contribution in [3.8, 4) is 0 Å². The summed E-state index contributed by atoms with van der Waals surface area (Å²) in [5, 5.41) is 6.15. The van der Waals surface area contributed by atoms with Gasteiger partial charge in [0.25, 0.3) is 0 Å². The average molecular weight is 386 g/mol. The van der Waals surface area contributed by atoms with Crippen LogP contribution < -0.4 is 10.6 Å². The minimum absolute atomic E-state index is 0.0684. The number of anilines is 2. The lowest BCUT2D eigenvalue weighted by Crippen LogP contribution is -2.45. The Morgan fingerprint density at radius 3 is 2.44 bits per heavy atom. The first kappa shape index (κ1) is 20.1.